The molecule has 1 atom stereocenters. The zero-order chi connectivity index (χ0) is 14.1. The van der Waals surface area contributed by atoms with Gasteiger partial charge in [-0.15, -0.1) is 0 Å². The summed E-state index contributed by atoms with van der Waals surface area (Å²) in [4.78, 5) is 11.3. The van der Waals surface area contributed by atoms with E-state index in [4.69, 9.17) is 0 Å². The van der Waals surface area contributed by atoms with Gasteiger partial charge in [-0.1, -0.05) is 0 Å². The quantitative estimate of drug-likeness (QED) is 0.754. The van der Waals surface area contributed by atoms with Gasteiger partial charge in [0.25, 0.3) is 0 Å². The number of hydrogen-bond acceptors (Lipinski definition) is 1. The Morgan fingerprint density at radius 3 is 2.33 bits per heavy atom. The van der Waals surface area contributed by atoms with E-state index < -0.39 is 29.8 Å². The monoisotopic (exact) mass is 267 g/mol. The van der Waals surface area contributed by atoms with Crippen molar-refractivity contribution in [3.05, 3.63) is 35.4 Å². The Balaban J connectivity index is 3.03. The van der Waals surface area contributed by atoms with Gasteiger partial charge in [0.1, 0.15) is 11.6 Å². The molecule has 18 heavy (non-hydrogen) atoms. The fourth-order valence-corrected chi connectivity index (χ4v) is 1.42. The molecule has 0 radical (unpaired) electrons. The minimum absolute atomic E-state index is 0.310. The summed E-state index contributed by atoms with van der Waals surface area (Å²) in [5, 5.41) is 0. The van der Waals surface area contributed by atoms with Gasteiger partial charge < -0.3 is 4.90 Å². The third-order valence-corrected chi connectivity index (χ3v) is 2.55. The number of benzene rings is 1. The summed E-state index contributed by atoms with van der Waals surface area (Å²) in [6.45, 7) is 1.18. The molecule has 0 spiro atoms. The molecule has 0 saturated heterocycles. The Labute approximate surface area is 100 Å². The number of carbonyl (C=O) groups excluding carboxylic acids is 1. The molecule has 2 nitrogen and oxygen atoms in total. The van der Waals surface area contributed by atoms with Gasteiger partial charge in [-0.2, -0.15) is 13.2 Å². The molecule has 0 aliphatic carbocycles. The predicted octanol–water partition coefficient (Wildman–Crippen LogP) is 3.05. The van der Waals surface area contributed by atoms with Gasteiger partial charge in [-0.3, -0.25) is 4.79 Å². The molecular weight excluding hydrogens is 257 g/mol. The summed E-state index contributed by atoms with van der Waals surface area (Å²) in [5.74, 6) is -3.77. The highest BCUT2D eigenvalue weighted by Crippen LogP contribution is 2.27. The van der Waals surface area contributed by atoms with E-state index >= 15 is 0 Å². The van der Waals surface area contributed by atoms with Crippen LogP contribution in [0.3, 0.4) is 0 Å². The van der Waals surface area contributed by atoms with Crippen LogP contribution in [0.1, 0.15) is 18.5 Å². The Bertz CT molecular complexity index is 457. The number of amides is 1. The molecule has 0 saturated carbocycles. The minimum Gasteiger partial charge on any atom is -0.331 e. The van der Waals surface area contributed by atoms with Gasteiger partial charge in [-0.25, -0.2) is 8.78 Å². The summed E-state index contributed by atoms with van der Waals surface area (Å²) >= 11 is 0. The summed E-state index contributed by atoms with van der Waals surface area (Å²) in [6.07, 6.45) is -5.05. The predicted molar refractivity (Wildman–Crippen MR) is 53.6 cm³/mol. The normalized spacial score (nSPS) is 13.3. The van der Waals surface area contributed by atoms with E-state index in [1.807, 2.05) is 0 Å². The largest absolute Gasteiger partial charge is 0.471 e. The third kappa shape index (κ3) is 2.96. The molecule has 0 heterocycles. The van der Waals surface area contributed by atoms with Crippen molar-refractivity contribution in [3.63, 3.8) is 0 Å². The molecule has 1 rings (SSSR count). The van der Waals surface area contributed by atoms with Gasteiger partial charge in [0.15, 0.2) is 0 Å². The van der Waals surface area contributed by atoms with E-state index in [0.29, 0.717) is 4.90 Å². The van der Waals surface area contributed by atoms with E-state index in [1.54, 1.807) is 0 Å². The smallest absolute Gasteiger partial charge is 0.331 e. The van der Waals surface area contributed by atoms with E-state index in [9.17, 15) is 26.7 Å². The maximum absolute atomic E-state index is 13.4. The third-order valence-electron chi connectivity index (χ3n) is 2.55. The number of hydrogen-bond donors (Lipinski definition) is 0. The number of rotatable bonds is 2. The van der Waals surface area contributed by atoms with Crippen molar-refractivity contribution in [2.45, 2.75) is 19.1 Å². The van der Waals surface area contributed by atoms with Crippen molar-refractivity contribution >= 4 is 5.91 Å². The Morgan fingerprint density at radius 2 is 1.83 bits per heavy atom. The van der Waals surface area contributed by atoms with Crippen LogP contribution in [0.4, 0.5) is 22.0 Å². The van der Waals surface area contributed by atoms with Crippen molar-refractivity contribution in [2.75, 3.05) is 7.05 Å². The maximum atomic E-state index is 13.4. The standard InChI is InChI=1S/C11H10F5NO/c1-6(17(2)10(18)11(14,15)16)8-5-7(12)3-4-9(8)13/h3-6H,1-2H3. The van der Waals surface area contributed by atoms with Crippen LogP contribution in [0.5, 0.6) is 0 Å². The highest BCUT2D eigenvalue weighted by Gasteiger charge is 2.42. The second-order valence-electron chi connectivity index (χ2n) is 3.76. The van der Waals surface area contributed by atoms with Crippen LogP contribution in [-0.2, 0) is 4.79 Å². The van der Waals surface area contributed by atoms with Crippen LogP contribution in [0, 0.1) is 11.6 Å². The molecular formula is C11H10F5NO. The topological polar surface area (TPSA) is 20.3 Å². The van der Waals surface area contributed by atoms with Crippen LogP contribution in [0.15, 0.2) is 18.2 Å². The average molecular weight is 267 g/mol. The number of alkyl halides is 3. The molecule has 7 heteroatoms. The zero-order valence-corrected chi connectivity index (χ0v) is 9.55. The summed E-state index contributed by atoms with van der Waals surface area (Å²) in [5.41, 5.74) is -0.310. The second-order valence-corrected chi connectivity index (χ2v) is 3.76. The first-order chi connectivity index (χ1) is 8.14. The number of nitrogens with zero attached hydrogens (tertiary/aromatic N) is 1. The lowest BCUT2D eigenvalue weighted by Crippen LogP contribution is -2.40. The van der Waals surface area contributed by atoms with E-state index in [1.165, 1.54) is 6.92 Å². The van der Waals surface area contributed by atoms with Crippen molar-refractivity contribution in [3.8, 4) is 0 Å². The average Bonchev–Trinajstić information content (AvgIpc) is 2.28. The van der Waals surface area contributed by atoms with Crippen molar-refractivity contribution in [2.24, 2.45) is 0 Å². The highest BCUT2D eigenvalue weighted by atomic mass is 19.4. The van der Waals surface area contributed by atoms with E-state index in [0.717, 1.165) is 25.2 Å². The molecule has 0 fully saturated rings. The summed E-state index contributed by atoms with van der Waals surface area (Å²) in [7, 11) is 0.880. The lowest BCUT2D eigenvalue weighted by Gasteiger charge is -2.26. The fraction of sp³-hybridized carbons (Fsp3) is 0.364. The molecule has 100 valence electrons. The molecule has 1 aromatic rings. The lowest BCUT2D eigenvalue weighted by molar-refractivity contribution is -0.186. The van der Waals surface area contributed by atoms with E-state index in [-0.39, 0.29) is 5.56 Å². The SMILES string of the molecule is CC(c1cc(F)ccc1F)N(C)C(=O)C(F)(F)F. The Morgan fingerprint density at radius 1 is 1.28 bits per heavy atom. The van der Waals surface area contributed by atoms with Crippen molar-refractivity contribution < 1.29 is 26.7 Å². The maximum Gasteiger partial charge on any atom is 0.471 e. The van der Waals surface area contributed by atoms with Crippen molar-refractivity contribution in [1.29, 1.82) is 0 Å². The first-order valence-electron chi connectivity index (χ1n) is 4.93. The molecule has 1 amide bonds. The van der Waals surface area contributed by atoms with E-state index in [2.05, 4.69) is 0 Å². The Kier molecular flexibility index (Phi) is 3.93. The molecule has 0 N–H and O–H groups in total. The number of halogens is 5. The molecule has 0 aliphatic rings. The molecule has 0 bridgehead atoms. The minimum atomic E-state index is -5.05. The molecule has 1 unspecified atom stereocenters. The molecule has 1 aromatic carbocycles. The van der Waals surface area contributed by atoms with Crippen LogP contribution in [0.2, 0.25) is 0 Å². The number of carbonyl (C=O) groups is 1. The molecule has 0 aliphatic heterocycles. The van der Waals surface area contributed by atoms with Crippen molar-refractivity contribution in [1.82, 2.24) is 4.90 Å². The van der Waals surface area contributed by atoms with Crippen LogP contribution >= 0.6 is 0 Å². The van der Waals surface area contributed by atoms with Crippen LogP contribution in [-0.4, -0.2) is 24.0 Å². The summed E-state index contributed by atoms with van der Waals surface area (Å²) in [6, 6.07) is 1.18. The highest BCUT2D eigenvalue weighted by molar-refractivity contribution is 5.82. The van der Waals surface area contributed by atoms with Gasteiger partial charge in [0, 0.05) is 12.6 Å². The van der Waals surface area contributed by atoms with Crippen LogP contribution < -0.4 is 0 Å². The lowest BCUT2D eigenvalue weighted by atomic mass is 10.1. The molecule has 0 aromatic heterocycles. The fourth-order valence-electron chi connectivity index (χ4n) is 1.42. The van der Waals surface area contributed by atoms with Gasteiger partial charge in [-0.05, 0) is 25.1 Å². The van der Waals surface area contributed by atoms with Crippen LogP contribution in [0.25, 0.3) is 0 Å². The second kappa shape index (κ2) is 4.91. The first kappa shape index (κ1) is 14.4. The van der Waals surface area contributed by atoms with Gasteiger partial charge in [0.2, 0.25) is 0 Å². The first-order valence-corrected chi connectivity index (χ1v) is 4.93. The zero-order valence-electron chi connectivity index (χ0n) is 9.55. The van der Waals surface area contributed by atoms with Gasteiger partial charge >= 0.3 is 12.1 Å². The summed E-state index contributed by atoms with van der Waals surface area (Å²) < 4.78 is 62.9. The Hall–Kier alpha value is -1.66. The van der Waals surface area contributed by atoms with Gasteiger partial charge in [0.05, 0.1) is 6.04 Å².